The van der Waals surface area contributed by atoms with Crippen molar-refractivity contribution >= 4 is 18.0 Å². The summed E-state index contributed by atoms with van der Waals surface area (Å²) in [6.45, 7) is 13.2. The molecule has 0 aliphatic carbocycles. The third-order valence-corrected chi connectivity index (χ3v) is 4.13. The minimum atomic E-state index is -0.546. The number of ether oxygens (including phenoxy) is 1. The molecule has 0 atom stereocenters. The Balaban J connectivity index is 4.98. The first-order valence-corrected chi connectivity index (χ1v) is 9.72. The second-order valence-corrected chi connectivity index (χ2v) is 7.77. The van der Waals surface area contributed by atoms with Crippen LogP contribution in [0.3, 0.4) is 0 Å². The van der Waals surface area contributed by atoms with Crippen LogP contribution in [0.5, 0.6) is 0 Å². The van der Waals surface area contributed by atoms with Crippen LogP contribution >= 0.6 is 0 Å². The van der Waals surface area contributed by atoms with Crippen LogP contribution in [0.15, 0.2) is 4.99 Å². The van der Waals surface area contributed by atoms with Gasteiger partial charge in [-0.15, -0.1) is 0 Å². The Hall–Kier alpha value is -1.99. The zero-order valence-corrected chi connectivity index (χ0v) is 18.4. The molecule has 0 rings (SSSR count). The van der Waals surface area contributed by atoms with Crippen molar-refractivity contribution < 1.29 is 14.3 Å². The van der Waals surface area contributed by atoms with Crippen molar-refractivity contribution in [3.8, 4) is 0 Å². The van der Waals surface area contributed by atoms with E-state index >= 15 is 0 Å². The molecule has 0 aliphatic rings. The highest BCUT2D eigenvalue weighted by molar-refractivity contribution is 5.81. The van der Waals surface area contributed by atoms with E-state index in [1.165, 1.54) is 0 Å². The average molecular weight is 386 g/mol. The third-order valence-electron chi connectivity index (χ3n) is 4.13. The van der Waals surface area contributed by atoms with Crippen LogP contribution < -0.4 is 16.0 Å². The number of rotatable bonds is 9. The fraction of sp³-hybridized carbons (Fsp3) is 0.842. The lowest BCUT2D eigenvalue weighted by atomic mass is 9.93. The number of hydrogen-bond donors (Lipinski definition) is 3. The molecule has 0 aromatic rings. The van der Waals surface area contributed by atoms with Gasteiger partial charge in [-0.3, -0.25) is 9.79 Å². The lowest BCUT2D eigenvalue weighted by Crippen LogP contribution is -2.52. The fourth-order valence-corrected chi connectivity index (χ4v) is 2.29. The molecule has 0 saturated carbocycles. The average Bonchev–Trinajstić information content (AvgIpc) is 2.56. The zero-order valence-electron chi connectivity index (χ0n) is 18.4. The second-order valence-electron chi connectivity index (χ2n) is 7.77. The Bertz CT molecular complexity index is 494. The maximum Gasteiger partial charge on any atom is 0.408 e. The van der Waals surface area contributed by atoms with Gasteiger partial charge < -0.3 is 25.6 Å². The summed E-state index contributed by atoms with van der Waals surface area (Å²) in [4.78, 5) is 30.1. The largest absolute Gasteiger partial charge is 0.444 e. The van der Waals surface area contributed by atoms with Gasteiger partial charge >= 0.3 is 6.09 Å². The molecule has 8 nitrogen and oxygen atoms in total. The van der Waals surface area contributed by atoms with Crippen LogP contribution in [0.4, 0.5) is 4.79 Å². The summed E-state index contributed by atoms with van der Waals surface area (Å²) in [5.41, 5.74) is -1.03. The second kappa shape index (κ2) is 11.7. The molecular formula is C19H39N5O3. The molecule has 0 spiro atoms. The minimum absolute atomic E-state index is 0.0569. The number of aliphatic imine (C=N–C) groups is 1. The summed E-state index contributed by atoms with van der Waals surface area (Å²) in [7, 11) is 3.47. The highest BCUT2D eigenvalue weighted by atomic mass is 16.6. The molecule has 3 N–H and O–H groups in total. The van der Waals surface area contributed by atoms with Crippen LogP contribution in [0.1, 0.15) is 60.8 Å². The molecule has 27 heavy (non-hydrogen) atoms. The molecule has 0 saturated heterocycles. The van der Waals surface area contributed by atoms with E-state index in [0.717, 1.165) is 12.8 Å². The zero-order chi connectivity index (χ0) is 21.1. The molecule has 0 fully saturated rings. The first kappa shape index (κ1) is 25.0. The molecular weight excluding hydrogens is 346 g/mol. The van der Waals surface area contributed by atoms with Gasteiger partial charge in [0.1, 0.15) is 5.60 Å². The molecule has 0 aliphatic heterocycles. The number of carbonyl (C=O) groups excluding carboxylic acids is 2. The van der Waals surface area contributed by atoms with Crippen molar-refractivity contribution in [2.75, 3.05) is 33.7 Å². The van der Waals surface area contributed by atoms with Gasteiger partial charge in [-0.25, -0.2) is 4.79 Å². The molecule has 0 heterocycles. The number of hydrogen-bond acceptors (Lipinski definition) is 4. The Kier molecular flexibility index (Phi) is 10.8. The Morgan fingerprint density at radius 1 is 1.04 bits per heavy atom. The van der Waals surface area contributed by atoms with Gasteiger partial charge in [0.2, 0.25) is 5.91 Å². The standard InChI is InChI=1S/C19H39N5O3/c1-9-19(10-2,23-17(26)27-18(4,5)6)14-22-16(20-11-3)21-13-12-15(25)24(7)8/h9-14H2,1-8H3,(H,23,26)(H2,20,21,22). The van der Waals surface area contributed by atoms with E-state index in [4.69, 9.17) is 4.74 Å². The number of alkyl carbamates (subject to hydrolysis) is 1. The predicted octanol–water partition coefficient (Wildman–Crippen LogP) is 2.10. The van der Waals surface area contributed by atoms with Crippen molar-refractivity contribution in [2.45, 2.75) is 71.9 Å². The van der Waals surface area contributed by atoms with E-state index in [1.807, 2.05) is 41.5 Å². The maximum atomic E-state index is 12.2. The van der Waals surface area contributed by atoms with Gasteiger partial charge in [0.15, 0.2) is 5.96 Å². The molecule has 8 heteroatoms. The van der Waals surface area contributed by atoms with Crippen LogP contribution in [0.25, 0.3) is 0 Å². The van der Waals surface area contributed by atoms with Gasteiger partial charge in [-0.1, -0.05) is 13.8 Å². The Morgan fingerprint density at radius 2 is 1.63 bits per heavy atom. The highest BCUT2D eigenvalue weighted by Crippen LogP contribution is 2.17. The van der Waals surface area contributed by atoms with Gasteiger partial charge in [0.05, 0.1) is 12.1 Å². The molecule has 158 valence electrons. The summed E-state index contributed by atoms with van der Waals surface area (Å²) in [5, 5.41) is 9.32. The molecule has 0 radical (unpaired) electrons. The topological polar surface area (TPSA) is 95.1 Å². The summed E-state index contributed by atoms with van der Waals surface area (Å²) >= 11 is 0. The van der Waals surface area contributed by atoms with Gasteiger partial charge in [-0.2, -0.15) is 0 Å². The number of nitrogens with zero attached hydrogens (tertiary/aromatic N) is 2. The van der Waals surface area contributed by atoms with E-state index in [9.17, 15) is 9.59 Å². The van der Waals surface area contributed by atoms with E-state index in [0.29, 0.717) is 32.0 Å². The van der Waals surface area contributed by atoms with Crippen LogP contribution in [0, 0.1) is 0 Å². The third kappa shape index (κ3) is 10.7. The van der Waals surface area contributed by atoms with E-state index < -0.39 is 17.2 Å². The fourth-order valence-electron chi connectivity index (χ4n) is 2.29. The number of guanidine groups is 1. The van der Waals surface area contributed by atoms with E-state index in [2.05, 4.69) is 20.9 Å². The van der Waals surface area contributed by atoms with Crippen molar-refractivity contribution in [2.24, 2.45) is 4.99 Å². The van der Waals surface area contributed by atoms with Crippen LogP contribution in [0.2, 0.25) is 0 Å². The molecule has 0 aromatic heterocycles. The van der Waals surface area contributed by atoms with Gasteiger partial charge in [0, 0.05) is 33.6 Å². The van der Waals surface area contributed by atoms with Crippen molar-refractivity contribution in [3.63, 3.8) is 0 Å². The van der Waals surface area contributed by atoms with E-state index in [1.54, 1.807) is 19.0 Å². The molecule has 0 aromatic carbocycles. The van der Waals surface area contributed by atoms with E-state index in [-0.39, 0.29) is 5.91 Å². The SMILES string of the molecule is CCNC(=NCC(CC)(CC)NC(=O)OC(C)(C)C)NCCC(=O)N(C)C. The monoisotopic (exact) mass is 385 g/mol. The molecule has 0 unspecified atom stereocenters. The summed E-state index contributed by atoms with van der Waals surface area (Å²) in [5.74, 6) is 0.683. The van der Waals surface area contributed by atoms with Crippen molar-refractivity contribution in [3.05, 3.63) is 0 Å². The number of nitrogens with one attached hydrogen (secondary N) is 3. The quantitative estimate of drug-likeness (QED) is 0.417. The van der Waals surface area contributed by atoms with Crippen LogP contribution in [-0.2, 0) is 9.53 Å². The van der Waals surface area contributed by atoms with Crippen molar-refractivity contribution in [1.82, 2.24) is 20.9 Å². The lowest BCUT2D eigenvalue weighted by molar-refractivity contribution is -0.128. The lowest BCUT2D eigenvalue weighted by Gasteiger charge is -2.32. The van der Waals surface area contributed by atoms with Crippen LogP contribution in [-0.4, -0.2) is 67.7 Å². The van der Waals surface area contributed by atoms with Gasteiger partial charge in [0.25, 0.3) is 0 Å². The van der Waals surface area contributed by atoms with Crippen molar-refractivity contribution in [1.29, 1.82) is 0 Å². The highest BCUT2D eigenvalue weighted by Gasteiger charge is 2.30. The first-order valence-electron chi connectivity index (χ1n) is 9.72. The van der Waals surface area contributed by atoms with Gasteiger partial charge in [-0.05, 0) is 40.5 Å². The smallest absolute Gasteiger partial charge is 0.408 e. The Morgan fingerprint density at radius 3 is 2.07 bits per heavy atom. The summed E-state index contributed by atoms with van der Waals surface area (Å²) in [6, 6.07) is 0. The summed E-state index contributed by atoms with van der Waals surface area (Å²) < 4.78 is 5.39. The molecule has 2 amide bonds. The minimum Gasteiger partial charge on any atom is -0.444 e. The number of amides is 2. The summed E-state index contributed by atoms with van der Waals surface area (Å²) in [6.07, 6.45) is 1.41. The number of carbonyl (C=O) groups is 2. The predicted molar refractivity (Wildman–Crippen MR) is 110 cm³/mol. The molecule has 0 bridgehead atoms. The maximum absolute atomic E-state index is 12.2. The Labute approximate surface area is 164 Å². The first-order chi connectivity index (χ1) is 12.5. The normalized spacial score (nSPS) is 12.4.